The van der Waals surface area contributed by atoms with E-state index in [9.17, 15) is 31.1 Å². The van der Waals surface area contributed by atoms with Gasteiger partial charge in [0.25, 0.3) is 0 Å². The van der Waals surface area contributed by atoms with Crippen LogP contribution in [0.25, 0.3) is 0 Å². The zero-order valence-electron chi connectivity index (χ0n) is 22.3. The monoisotopic (exact) mass is 592 g/mol. The lowest BCUT2D eigenvalue weighted by Crippen LogP contribution is -2.42. The van der Waals surface area contributed by atoms with Gasteiger partial charge in [0.1, 0.15) is 0 Å². The number of aryl methyl sites for hydroxylation is 1. The van der Waals surface area contributed by atoms with E-state index in [0.717, 1.165) is 52.1 Å². The van der Waals surface area contributed by atoms with Gasteiger partial charge in [-0.3, -0.25) is 19.3 Å². The highest BCUT2D eigenvalue weighted by molar-refractivity contribution is 5.78. The Balaban J connectivity index is 0.000000473. The Morgan fingerprint density at radius 1 is 1.07 bits per heavy atom. The molecule has 0 radical (unpaired) electrons. The zero-order chi connectivity index (χ0) is 30.7. The Morgan fingerprint density at radius 3 is 2.08 bits per heavy atom. The molecular weight excluding hydrogens is 558 g/mol. The molecule has 17 heteroatoms. The van der Waals surface area contributed by atoms with Gasteiger partial charge in [0, 0.05) is 64.6 Å². The Kier molecular flexibility index (Phi) is 13.3. The van der Waals surface area contributed by atoms with Crippen molar-refractivity contribution in [3.63, 3.8) is 0 Å². The van der Waals surface area contributed by atoms with Gasteiger partial charge in [-0.1, -0.05) is 0 Å². The van der Waals surface area contributed by atoms with E-state index in [1.807, 2.05) is 24.9 Å². The Hall–Kier alpha value is -2.92. The van der Waals surface area contributed by atoms with Crippen molar-refractivity contribution in [1.82, 2.24) is 19.6 Å². The Bertz CT molecular complexity index is 948. The van der Waals surface area contributed by atoms with Crippen LogP contribution in [0.15, 0.2) is 12.4 Å². The summed E-state index contributed by atoms with van der Waals surface area (Å²) in [6, 6.07) is 0. The highest BCUT2D eigenvalue weighted by atomic mass is 19.4. The van der Waals surface area contributed by atoms with Gasteiger partial charge in [-0.15, -0.1) is 0 Å². The van der Waals surface area contributed by atoms with Crippen LogP contribution in [0, 0.1) is 11.3 Å². The van der Waals surface area contributed by atoms with Crippen LogP contribution in [-0.2, 0) is 37.4 Å². The maximum Gasteiger partial charge on any atom is 0.490 e. The van der Waals surface area contributed by atoms with E-state index in [1.54, 1.807) is 7.11 Å². The molecule has 0 bridgehead atoms. The first-order valence-corrected chi connectivity index (χ1v) is 12.1. The molecule has 0 aliphatic carbocycles. The summed E-state index contributed by atoms with van der Waals surface area (Å²) in [4.78, 5) is 35.6. The number of carboxylic acid groups (broad SMARTS) is 2. The van der Waals surface area contributed by atoms with Crippen molar-refractivity contribution in [3.8, 4) is 0 Å². The lowest BCUT2D eigenvalue weighted by molar-refractivity contribution is -0.193. The number of aromatic nitrogens is 2. The largest absolute Gasteiger partial charge is 0.490 e. The number of hydrogen-bond donors (Lipinski definition) is 2. The van der Waals surface area contributed by atoms with E-state index in [0.29, 0.717) is 19.1 Å². The summed E-state index contributed by atoms with van der Waals surface area (Å²) in [5, 5.41) is 18.5. The van der Waals surface area contributed by atoms with E-state index >= 15 is 0 Å². The second-order valence-electron chi connectivity index (χ2n) is 9.27. The first kappa shape index (κ1) is 35.1. The highest BCUT2D eigenvalue weighted by Crippen LogP contribution is 2.43. The molecular formula is C23H34F6N4O7. The number of carboxylic acids is 2. The zero-order valence-corrected chi connectivity index (χ0v) is 22.3. The summed E-state index contributed by atoms with van der Waals surface area (Å²) >= 11 is 0. The van der Waals surface area contributed by atoms with E-state index in [4.69, 9.17) is 29.3 Å². The number of carbonyl (C=O) groups is 3. The summed E-state index contributed by atoms with van der Waals surface area (Å²) in [5.74, 6) is -5.22. The molecule has 0 spiro atoms. The average molecular weight is 593 g/mol. The third-order valence-electron chi connectivity index (χ3n) is 6.28. The number of nitrogens with zero attached hydrogens (tertiary/aromatic N) is 4. The lowest BCUT2D eigenvalue weighted by Gasteiger charge is -2.31. The molecule has 230 valence electrons. The molecule has 2 N–H and O–H groups in total. The van der Waals surface area contributed by atoms with Gasteiger partial charge < -0.3 is 19.7 Å². The van der Waals surface area contributed by atoms with Crippen molar-refractivity contribution >= 4 is 17.9 Å². The number of carbonyl (C=O) groups excluding carboxylic acids is 1. The number of halogens is 6. The van der Waals surface area contributed by atoms with Gasteiger partial charge >= 0.3 is 30.3 Å². The van der Waals surface area contributed by atoms with E-state index in [1.165, 1.54) is 5.56 Å². The molecule has 1 aromatic rings. The summed E-state index contributed by atoms with van der Waals surface area (Å²) in [6.45, 7) is 8.48. The fraction of sp³-hybridized carbons (Fsp3) is 0.739. The first-order valence-electron chi connectivity index (χ1n) is 12.1. The second-order valence-corrected chi connectivity index (χ2v) is 9.27. The number of methoxy groups -OCH3 is 1. The van der Waals surface area contributed by atoms with Crippen molar-refractivity contribution in [2.75, 3.05) is 53.0 Å². The molecule has 1 aromatic heterocycles. The van der Waals surface area contributed by atoms with Crippen LogP contribution in [0.4, 0.5) is 26.3 Å². The van der Waals surface area contributed by atoms with Crippen molar-refractivity contribution in [3.05, 3.63) is 18.0 Å². The van der Waals surface area contributed by atoms with Crippen molar-refractivity contribution < 1.29 is 60.4 Å². The minimum atomic E-state index is -5.08. The molecule has 2 aliphatic rings. The van der Waals surface area contributed by atoms with Crippen molar-refractivity contribution in [2.24, 2.45) is 18.4 Å². The van der Waals surface area contributed by atoms with Gasteiger partial charge in [0.05, 0.1) is 24.8 Å². The van der Waals surface area contributed by atoms with Crippen LogP contribution >= 0.6 is 0 Å². The Morgan fingerprint density at radius 2 is 1.62 bits per heavy atom. The molecule has 2 saturated heterocycles. The van der Waals surface area contributed by atoms with Crippen LogP contribution in [0.5, 0.6) is 0 Å². The number of hydrogen-bond acceptors (Lipinski definition) is 8. The summed E-state index contributed by atoms with van der Waals surface area (Å²) in [7, 11) is 3.67. The summed E-state index contributed by atoms with van der Waals surface area (Å²) in [6.07, 6.45) is -4.23. The molecule has 0 amide bonds. The summed E-state index contributed by atoms with van der Waals surface area (Å²) in [5.41, 5.74) is 0.860. The molecule has 2 aliphatic heterocycles. The van der Waals surface area contributed by atoms with Gasteiger partial charge in [-0.2, -0.15) is 31.4 Å². The third kappa shape index (κ3) is 10.9. The third-order valence-corrected chi connectivity index (χ3v) is 6.28. The van der Waals surface area contributed by atoms with Gasteiger partial charge in [-0.25, -0.2) is 9.59 Å². The average Bonchev–Trinajstić information content (AvgIpc) is 3.35. The molecule has 11 nitrogen and oxygen atoms in total. The molecule has 3 heterocycles. The van der Waals surface area contributed by atoms with Crippen LogP contribution < -0.4 is 0 Å². The van der Waals surface area contributed by atoms with E-state index in [-0.39, 0.29) is 11.4 Å². The number of ether oxygens (including phenoxy) is 2. The predicted molar refractivity (Wildman–Crippen MR) is 126 cm³/mol. The normalized spacial score (nSPS) is 21.7. The minimum absolute atomic E-state index is 0.00635. The van der Waals surface area contributed by atoms with Crippen LogP contribution in [0.3, 0.4) is 0 Å². The molecule has 0 saturated carbocycles. The second kappa shape index (κ2) is 15.2. The fourth-order valence-corrected chi connectivity index (χ4v) is 4.57. The highest BCUT2D eigenvalue weighted by Gasteiger charge is 2.53. The smallest absolute Gasteiger partial charge is 0.475 e. The molecule has 2 atom stereocenters. The molecule has 2 fully saturated rings. The standard InChI is InChI=1S/C19H32N4O3.2C2HF3O2/c1-4-26-18(24)19-6-5-7-22(12-16-10-20-21(2)11-16)13-17(19)14-23(15-19)8-9-25-3;2*3-2(4,5)1(6)7/h10-11,17H,4-9,12-15H2,1-3H3;2*(H,6,7)/t17-,19-;;/m0../s1. The SMILES string of the molecule is CCOC(=O)[C@]12CCCN(Cc3cnn(C)c3)C[C@H]1CN(CCOC)C2.O=C(O)C(F)(F)F.O=C(O)C(F)(F)F. The van der Waals surface area contributed by atoms with Crippen LogP contribution in [0.1, 0.15) is 25.3 Å². The fourth-order valence-electron chi connectivity index (χ4n) is 4.57. The van der Waals surface area contributed by atoms with E-state index in [2.05, 4.69) is 21.1 Å². The quantitative estimate of drug-likeness (QED) is 0.359. The maximum absolute atomic E-state index is 12.9. The van der Waals surface area contributed by atoms with Gasteiger partial charge in [0.15, 0.2) is 0 Å². The van der Waals surface area contributed by atoms with Crippen molar-refractivity contribution in [1.29, 1.82) is 0 Å². The lowest BCUT2D eigenvalue weighted by atomic mass is 9.75. The number of aliphatic carboxylic acids is 2. The van der Waals surface area contributed by atoms with Gasteiger partial charge in [-0.05, 0) is 26.3 Å². The van der Waals surface area contributed by atoms with Crippen LogP contribution in [0.2, 0.25) is 0 Å². The molecule has 0 unspecified atom stereocenters. The molecule has 3 rings (SSSR count). The molecule has 40 heavy (non-hydrogen) atoms. The number of alkyl halides is 6. The minimum Gasteiger partial charge on any atom is -0.475 e. The number of rotatable bonds is 7. The summed E-state index contributed by atoms with van der Waals surface area (Å²) < 4.78 is 76.1. The molecule has 0 aromatic carbocycles. The number of esters is 1. The first-order chi connectivity index (χ1) is 18.5. The predicted octanol–water partition coefficient (Wildman–Crippen LogP) is 2.41. The topological polar surface area (TPSA) is 134 Å². The number of likely N-dealkylation sites (tertiary alicyclic amines) is 2. The maximum atomic E-state index is 12.9. The Labute approximate surface area is 226 Å². The van der Waals surface area contributed by atoms with Gasteiger partial charge in [0.2, 0.25) is 0 Å². The van der Waals surface area contributed by atoms with Crippen molar-refractivity contribution in [2.45, 2.75) is 38.7 Å². The van der Waals surface area contributed by atoms with E-state index < -0.39 is 24.3 Å². The van der Waals surface area contributed by atoms with Crippen LogP contribution in [-0.4, -0.2) is 113 Å². The number of fused-ring (bicyclic) bond motifs is 1.